The lowest BCUT2D eigenvalue weighted by Gasteiger charge is -2.36. The van der Waals surface area contributed by atoms with Crippen molar-refractivity contribution in [2.24, 2.45) is 0 Å². The Hall–Kier alpha value is -3.83. The number of aryl methyl sites for hydroxylation is 1. The van der Waals surface area contributed by atoms with Gasteiger partial charge >= 0.3 is 5.97 Å². The van der Waals surface area contributed by atoms with Crippen molar-refractivity contribution in [1.82, 2.24) is 5.32 Å². The van der Waals surface area contributed by atoms with E-state index in [1.165, 1.54) is 16.3 Å². The van der Waals surface area contributed by atoms with Gasteiger partial charge in [0.1, 0.15) is 11.9 Å². The lowest BCUT2D eigenvalue weighted by Crippen LogP contribution is -2.39. The fourth-order valence-corrected chi connectivity index (χ4v) is 4.90. The lowest BCUT2D eigenvalue weighted by molar-refractivity contribution is 0.0696. The molecule has 0 radical (unpaired) electrons. The molecule has 2 N–H and O–H groups in total. The topological polar surface area (TPSA) is 61.8 Å². The maximum atomic E-state index is 11.7. The van der Waals surface area contributed by atoms with Crippen LogP contribution in [0.1, 0.15) is 40.9 Å². The third-order valence-corrected chi connectivity index (χ3v) is 6.81. The van der Waals surface area contributed by atoms with Crippen molar-refractivity contribution in [3.63, 3.8) is 0 Å². The van der Waals surface area contributed by atoms with E-state index in [-0.39, 0.29) is 12.1 Å². The molecule has 1 aliphatic heterocycles. The van der Waals surface area contributed by atoms with Crippen LogP contribution in [0.5, 0.6) is 5.75 Å². The van der Waals surface area contributed by atoms with Crippen LogP contribution in [-0.2, 0) is 0 Å². The van der Waals surface area contributed by atoms with Crippen LogP contribution in [0.15, 0.2) is 84.9 Å². The molecular weight excluding hydrogens is 436 g/mol. The monoisotopic (exact) mass is 466 g/mol. The highest BCUT2D eigenvalue weighted by Crippen LogP contribution is 2.39. The van der Waals surface area contributed by atoms with E-state index in [1.807, 2.05) is 43.3 Å². The Morgan fingerprint density at radius 1 is 1.06 bits per heavy atom. The molecule has 0 aliphatic carbocycles. The molecule has 5 heteroatoms. The van der Waals surface area contributed by atoms with Crippen molar-refractivity contribution >= 4 is 28.1 Å². The van der Waals surface area contributed by atoms with Gasteiger partial charge in [-0.15, -0.1) is 0 Å². The predicted molar refractivity (Wildman–Crippen MR) is 141 cm³/mol. The summed E-state index contributed by atoms with van der Waals surface area (Å²) in [7, 11) is 0. The van der Waals surface area contributed by atoms with Gasteiger partial charge in [-0.2, -0.15) is 0 Å². The number of hydrogen-bond donors (Lipinski definition) is 2. The van der Waals surface area contributed by atoms with Gasteiger partial charge in [-0.3, -0.25) is 0 Å². The Kier molecular flexibility index (Phi) is 6.43. The molecule has 0 bridgehead atoms. The highest BCUT2D eigenvalue weighted by molar-refractivity contribution is 5.91. The summed E-state index contributed by atoms with van der Waals surface area (Å²) in [5.41, 5.74) is 4.20. The first-order valence-electron chi connectivity index (χ1n) is 12.1. The Balaban J connectivity index is 1.31. The molecule has 4 aromatic carbocycles. The van der Waals surface area contributed by atoms with Crippen molar-refractivity contribution in [3.8, 4) is 5.75 Å². The molecule has 1 unspecified atom stereocenters. The Bertz CT molecular complexity index is 1360. The normalized spacial score (nSPS) is 15.9. The van der Waals surface area contributed by atoms with Crippen molar-refractivity contribution < 1.29 is 14.6 Å². The molecule has 2 atom stereocenters. The van der Waals surface area contributed by atoms with Gasteiger partial charge in [-0.25, -0.2) is 4.79 Å². The number of para-hydroxylation sites is 2. The van der Waals surface area contributed by atoms with Gasteiger partial charge in [0.05, 0.1) is 17.8 Å². The van der Waals surface area contributed by atoms with Gasteiger partial charge in [0.2, 0.25) is 0 Å². The van der Waals surface area contributed by atoms with Gasteiger partial charge in [-0.05, 0) is 73.0 Å². The summed E-state index contributed by atoms with van der Waals surface area (Å²) in [6, 6.07) is 28.7. The molecule has 0 amide bonds. The fraction of sp³-hybridized carbons (Fsp3) is 0.233. The van der Waals surface area contributed by atoms with Crippen LogP contribution >= 0.6 is 0 Å². The average molecular weight is 467 g/mol. The zero-order chi connectivity index (χ0) is 24.4. The first-order valence-corrected chi connectivity index (χ1v) is 12.1. The highest BCUT2D eigenvalue weighted by Gasteiger charge is 2.27. The average Bonchev–Trinajstić information content (AvgIpc) is 2.88. The molecule has 1 heterocycles. The Morgan fingerprint density at radius 2 is 1.83 bits per heavy atom. The fourth-order valence-electron chi connectivity index (χ4n) is 4.90. The van der Waals surface area contributed by atoms with Crippen molar-refractivity contribution in [2.75, 3.05) is 18.0 Å². The Labute approximate surface area is 206 Å². The number of ether oxygens (including phenoxy) is 1. The second-order valence-corrected chi connectivity index (χ2v) is 9.16. The summed E-state index contributed by atoms with van der Waals surface area (Å²) in [5, 5.41) is 15.8. The number of carbonyl (C=O) groups is 1. The summed E-state index contributed by atoms with van der Waals surface area (Å²) < 4.78 is 6.34. The second kappa shape index (κ2) is 9.80. The molecular formula is C30H30N2O3. The van der Waals surface area contributed by atoms with Crippen LogP contribution in [0.25, 0.3) is 10.8 Å². The molecule has 35 heavy (non-hydrogen) atoms. The minimum atomic E-state index is -0.908. The number of carboxylic acid groups (broad SMARTS) is 1. The van der Waals surface area contributed by atoms with E-state index in [4.69, 9.17) is 4.74 Å². The van der Waals surface area contributed by atoms with E-state index in [9.17, 15) is 9.90 Å². The highest BCUT2D eigenvalue weighted by atomic mass is 16.5. The van der Waals surface area contributed by atoms with Crippen LogP contribution in [0.4, 0.5) is 11.4 Å². The molecule has 1 aliphatic rings. The molecule has 0 saturated heterocycles. The van der Waals surface area contributed by atoms with Crippen LogP contribution < -0.4 is 15.0 Å². The van der Waals surface area contributed by atoms with Gasteiger partial charge in [-0.1, -0.05) is 60.7 Å². The number of carboxylic acids is 1. The number of nitrogens with zero attached hydrogens (tertiary/aromatic N) is 1. The molecule has 0 saturated carbocycles. The zero-order valence-electron chi connectivity index (χ0n) is 20.1. The molecule has 0 aromatic heterocycles. The van der Waals surface area contributed by atoms with Gasteiger partial charge in [0, 0.05) is 11.7 Å². The number of rotatable bonds is 7. The first-order chi connectivity index (χ1) is 17.0. The zero-order valence-corrected chi connectivity index (χ0v) is 20.1. The maximum Gasteiger partial charge on any atom is 0.336 e. The summed E-state index contributed by atoms with van der Waals surface area (Å²) in [6.07, 6.45) is 0.809. The van der Waals surface area contributed by atoms with Crippen molar-refractivity contribution in [1.29, 1.82) is 0 Å². The summed E-state index contributed by atoms with van der Waals surface area (Å²) >= 11 is 0. The minimum Gasteiger partial charge on any atom is -0.486 e. The molecule has 178 valence electrons. The molecule has 5 nitrogen and oxygen atoms in total. The predicted octanol–water partition coefficient (Wildman–Crippen LogP) is 6.49. The molecule has 4 aromatic rings. The minimum absolute atomic E-state index is 0.0216. The standard InChI is InChI=1S/C30H30N2O3/c1-20-14-15-23(18-27(20)30(33)34)32-19-24(35-29-13-6-5-12-28(29)32)16-17-31-21(2)25-11-7-9-22-8-3-4-10-26(22)25/h3-15,18,21,24,31H,16-17,19H2,1-2H3,(H,33,34)/t21-,24?/m1/s1. The van der Waals surface area contributed by atoms with E-state index in [1.54, 1.807) is 6.07 Å². The smallest absolute Gasteiger partial charge is 0.336 e. The van der Waals surface area contributed by atoms with Crippen molar-refractivity contribution in [3.05, 3.63) is 102 Å². The largest absolute Gasteiger partial charge is 0.486 e. The van der Waals surface area contributed by atoms with E-state index < -0.39 is 5.97 Å². The number of nitrogens with one attached hydrogen (secondary N) is 1. The summed E-state index contributed by atoms with van der Waals surface area (Å²) in [6.45, 7) is 5.49. The summed E-state index contributed by atoms with van der Waals surface area (Å²) in [4.78, 5) is 13.9. The van der Waals surface area contributed by atoms with E-state index in [0.717, 1.165) is 35.7 Å². The van der Waals surface area contributed by atoms with E-state index in [0.29, 0.717) is 12.1 Å². The van der Waals surface area contributed by atoms with Gasteiger partial charge < -0.3 is 20.1 Å². The molecule has 0 spiro atoms. The number of benzene rings is 4. The van der Waals surface area contributed by atoms with E-state index in [2.05, 4.69) is 59.6 Å². The van der Waals surface area contributed by atoms with Gasteiger partial charge in [0.25, 0.3) is 0 Å². The molecule has 0 fully saturated rings. The first kappa shape index (κ1) is 22.9. The second-order valence-electron chi connectivity index (χ2n) is 9.16. The third kappa shape index (κ3) is 4.73. The number of hydrogen-bond acceptors (Lipinski definition) is 4. The third-order valence-electron chi connectivity index (χ3n) is 6.81. The van der Waals surface area contributed by atoms with Crippen LogP contribution in [0, 0.1) is 6.92 Å². The van der Waals surface area contributed by atoms with E-state index >= 15 is 0 Å². The summed E-state index contributed by atoms with van der Waals surface area (Å²) in [5.74, 6) is -0.0858. The lowest BCUT2D eigenvalue weighted by atomic mass is 9.99. The number of aromatic carboxylic acids is 1. The van der Waals surface area contributed by atoms with Crippen LogP contribution in [0.2, 0.25) is 0 Å². The maximum absolute atomic E-state index is 11.7. The molecule has 5 rings (SSSR count). The quantitative estimate of drug-likeness (QED) is 0.326. The van der Waals surface area contributed by atoms with Crippen LogP contribution in [0.3, 0.4) is 0 Å². The number of fused-ring (bicyclic) bond motifs is 2. The Morgan fingerprint density at radius 3 is 2.69 bits per heavy atom. The van der Waals surface area contributed by atoms with Crippen molar-refractivity contribution in [2.45, 2.75) is 32.4 Å². The number of anilines is 2. The van der Waals surface area contributed by atoms with Gasteiger partial charge in [0.15, 0.2) is 0 Å². The SMILES string of the molecule is Cc1ccc(N2CC(CCN[C@H](C)c3cccc4ccccc34)Oc3ccccc32)cc1C(=O)O. The van der Waals surface area contributed by atoms with Crippen LogP contribution in [-0.4, -0.2) is 30.3 Å².